The van der Waals surface area contributed by atoms with E-state index in [-0.39, 0.29) is 5.91 Å². The third kappa shape index (κ3) is 2.82. The van der Waals surface area contributed by atoms with Gasteiger partial charge in [-0.25, -0.2) is 4.79 Å². The van der Waals surface area contributed by atoms with Crippen molar-refractivity contribution in [3.05, 3.63) is 34.9 Å². The molecule has 1 N–H and O–H groups in total. The maximum atomic E-state index is 11.9. The first-order valence-electron chi connectivity index (χ1n) is 5.67. The number of carbonyl (C=O) groups is 2. The van der Waals surface area contributed by atoms with Crippen molar-refractivity contribution in [1.29, 1.82) is 0 Å². The summed E-state index contributed by atoms with van der Waals surface area (Å²) < 4.78 is 5.14. The van der Waals surface area contributed by atoms with Crippen LogP contribution in [0.2, 0.25) is 5.02 Å². The van der Waals surface area contributed by atoms with Crippen LogP contribution in [0.15, 0.2) is 24.3 Å². The summed E-state index contributed by atoms with van der Waals surface area (Å²) in [6, 6.07) is 5.99. The van der Waals surface area contributed by atoms with Crippen molar-refractivity contribution >= 4 is 23.5 Å². The van der Waals surface area contributed by atoms with Crippen molar-refractivity contribution in [2.75, 3.05) is 0 Å². The summed E-state index contributed by atoms with van der Waals surface area (Å²) in [6.07, 6.45) is 0.470. The first kappa shape index (κ1) is 12.9. The summed E-state index contributed by atoms with van der Waals surface area (Å²) in [5.41, 5.74) is -0.0939. The van der Waals surface area contributed by atoms with Gasteiger partial charge in [0, 0.05) is 17.0 Å². The molecule has 0 saturated carbocycles. The molecule has 1 fully saturated rings. The molecule has 0 aliphatic carbocycles. The molecule has 1 saturated heterocycles. The van der Waals surface area contributed by atoms with Crippen molar-refractivity contribution < 1.29 is 14.3 Å². The number of amides is 1. The normalized spacial score (nSPS) is 21.5. The van der Waals surface area contributed by atoms with E-state index in [9.17, 15) is 9.59 Å². The minimum absolute atomic E-state index is 0.322. The maximum Gasteiger partial charge on any atom is 0.329 e. The minimum Gasteiger partial charge on any atom is -0.458 e. The average molecular weight is 268 g/mol. The minimum atomic E-state index is -0.591. The van der Waals surface area contributed by atoms with Crippen LogP contribution in [-0.4, -0.2) is 23.5 Å². The molecule has 1 atom stereocenters. The number of benzene rings is 1. The quantitative estimate of drug-likeness (QED) is 0.836. The number of esters is 1. The number of rotatable bonds is 2. The lowest BCUT2D eigenvalue weighted by Crippen LogP contribution is -2.38. The van der Waals surface area contributed by atoms with E-state index in [0.717, 1.165) is 0 Å². The summed E-state index contributed by atoms with van der Waals surface area (Å²) in [5, 5.41) is 3.14. The highest BCUT2D eigenvalue weighted by Gasteiger charge is 2.40. The maximum absolute atomic E-state index is 11.9. The molecular weight excluding hydrogens is 254 g/mol. The van der Waals surface area contributed by atoms with E-state index in [2.05, 4.69) is 5.32 Å². The number of hydrogen-bond acceptors (Lipinski definition) is 3. The van der Waals surface area contributed by atoms with E-state index in [1.165, 1.54) is 0 Å². The van der Waals surface area contributed by atoms with Crippen LogP contribution >= 0.6 is 11.6 Å². The van der Waals surface area contributed by atoms with Gasteiger partial charge in [0.2, 0.25) is 0 Å². The number of ether oxygens (including phenoxy) is 1. The van der Waals surface area contributed by atoms with Crippen molar-refractivity contribution in [1.82, 2.24) is 5.32 Å². The van der Waals surface area contributed by atoms with Crippen molar-refractivity contribution in [2.24, 2.45) is 0 Å². The van der Waals surface area contributed by atoms with Crippen LogP contribution in [0.1, 0.15) is 30.6 Å². The Morgan fingerprint density at radius 2 is 2.22 bits per heavy atom. The van der Waals surface area contributed by atoms with Gasteiger partial charge < -0.3 is 10.1 Å². The highest BCUT2D eigenvalue weighted by atomic mass is 35.5. The molecule has 1 heterocycles. The molecule has 1 aromatic rings. The lowest BCUT2D eigenvalue weighted by molar-refractivity contribution is -0.147. The Kier molecular flexibility index (Phi) is 3.30. The van der Waals surface area contributed by atoms with Crippen molar-refractivity contribution in [2.45, 2.75) is 31.9 Å². The van der Waals surface area contributed by atoms with Crippen molar-refractivity contribution in [3.8, 4) is 0 Å². The van der Waals surface area contributed by atoms with Crippen LogP contribution in [-0.2, 0) is 9.53 Å². The monoisotopic (exact) mass is 267 g/mol. The first-order valence-corrected chi connectivity index (χ1v) is 6.04. The Labute approximate surface area is 110 Å². The van der Waals surface area contributed by atoms with Crippen LogP contribution in [0.5, 0.6) is 0 Å². The van der Waals surface area contributed by atoms with Gasteiger partial charge in [0.1, 0.15) is 11.6 Å². The standard InChI is InChI=1S/C13H14ClNO3/c1-13(2)7-10(12(17)18-13)15-11(16)8-4-3-5-9(14)6-8/h3-6,10H,7H2,1-2H3,(H,15,16). The van der Waals surface area contributed by atoms with E-state index in [4.69, 9.17) is 16.3 Å². The van der Waals surface area contributed by atoms with Gasteiger partial charge in [-0.3, -0.25) is 4.79 Å². The molecule has 4 nitrogen and oxygen atoms in total. The lowest BCUT2D eigenvalue weighted by Gasteiger charge is -2.14. The molecule has 18 heavy (non-hydrogen) atoms. The van der Waals surface area contributed by atoms with Crippen LogP contribution in [0.25, 0.3) is 0 Å². The fraction of sp³-hybridized carbons (Fsp3) is 0.385. The summed E-state index contributed by atoms with van der Waals surface area (Å²) in [5.74, 6) is -0.715. The number of carbonyl (C=O) groups excluding carboxylic acids is 2. The Bertz CT molecular complexity index is 499. The number of nitrogens with one attached hydrogen (secondary N) is 1. The third-order valence-electron chi connectivity index (χ3n) is 2.75. The Morgan fingerprint density at radius 1 is 1.50 bits per heavy atom. The fourth-order valence-electron chi connectivity index (χ4n) is 1.94. The fourth-order valence-corrected chi connectivity index (χ4v) is 2.13. The zero-order chi connectivity index (χ0) is 13.3. The molecule has 1 aliphatic rings. The number of hydrogen-bond donors (Lipinski definition) is 1. The van der Waals surface area contributed by atoms with Gasteiger partial charge in [0.15, 0.2) is 0 Å². The second kappa shape index (κ2) is 4.61. The van der Waals surface area contributed by atoms with Crippen LogP contribution in [0.4, 0.5) is 0 Å². The third-order valence-corrected chi connectivity index (χ3v) is 2.98. The van der Waals surface area contributed by atoms with E-state index >= 15 is 0 Å². The lowest BCUT2D eigenvalue weighted by atomic mass is 10.0. The zero-order valence-electron chi connectivity index (χ0n) is 10.2. The predicted octanol–water partition coefficient (Wildman–Crippen LogP) is 2.16. The van der Waals surface area contributed by atoms with Gasteiger partial charge in [-0.15, -0.1) is 0 Å². The Hall–Kier alpha value is -1.55. The summed E-state index contributed by atoms with van der Waals surface area (Å²) >= 11 is 5.81. The predicted molar refractivity (Wildman–Crippen MR) is 67.5 cm³/mol. The molecule has 1 aromatic carbocycles. The molecule has 2 rings (SSSR count). The molecule has 1 amide bonds. The topological polar surface area (TPSA) is 55.4 Å². The molecule has 0 radical (unpaired) electrons. The van der Waals surface area contributed by atoms with Gasteiger partial charge in [0.25, 0.3) is 5.91 Å². The van der Waals surface area contributed by atoms with Gasteiger partial charge in [-0.05, 0) is 32.0 Å². The van der Waals surface area contributed by atoms with E-state index in [0.29, 0.717) is 17.0 Å². The Balaban J connectivity index is 2.07. The van der Waals surface area contributed by atoms with Crippen LogP contribution in [0.3, 0.4) is 0 Å². The summed E-state index contributed by atoms with van der Waals surface area (Å²) in [6.45, 7) is 3.63. The highest BCUT2D eigenvalue weighted by molar-refractivity contribution is 6.30. The zero-order valence-corrected chi connectivity index (χ0v) is 11.0. The van der Waals surface area contributed by atoms with Gasteiger partial charge in [0.05, 0.1) is 0 Å². The van der Waals surface area contributed by atoms with Gasteiger partial charge in [-0.2, -0.15) is 0 Å². The van der Waals surface area contributed by atoms with Crippen molar-refractivity contribution in [3.63, 3.8) is 0 Å². The van der Waals surface area contributed by atoms with Gasteiger partial charge >= 0.3 is 5.97 Å². The Morgan fingerprint density at radius 3 is 2.78 bits per heavy atom. The summed E-state index contributed by atoms with van der Waals surface area (Å²) in [4.78, 5) is 23.5. The van der Waals surface area contributed by atoms with Gasteiger partial charge in [-0.1, -0.05) is 17.7 Å². The summed E-state index contributed by atoms with van der Waals surface area (Å²) in [7, 11) is 0. The molecule has 96 valence electrons. The number of cyclic esters (lactones) is 1. The van der Waals surface area contributed by atoms with E-state index in [1.54, 1.807) is 24.3 Å². The van der Waals surface area contributed by atoms with E-state index < -0.39 is 17.6 Å². The van der Waals surface area contributed by atoms with E-state index in [1.807, 2.05) is 13.8 Å². The number of halogens is 1. The first-order chi connectivity index (χ1) is 8.37. The largest absolute Gasteiger partial charge is 0.458 e. The molecule has 0 aromatic heterocycles. The molecule has 1 aliphatic heterocycles. The molecule has 0 bridgehead atoms. The average Bonchev–Trinajstić information content (AvgIpc) is 2.51. The molecule has 1 unspecified atom stereocenters. The molecule has 0 spiro atoms. The second-order valence-electron chi connectivity index (χ2n) is 4.92. The second-order valence-corrected chi connectivity index (χ2v) is 5.36. The smallest absolute Gasteiger partial charge is 0.329 e. The SMILES string of the molecule is CC1(C)CC(NC(=O)c2cccc(Cl)c2)C(=O)O1. The van der Waals surface area contributed by atoms with Crippen LogP contribution < -0.4 is 5.32 Å². The molecule has 5 heteroatoms. The molecular formula is C13H14ClNO3. The highest BCUT2D eigenvalue weighted by Crippen LogP contribution is 2.25. The van der Waals surface area contributed by atoms with Crippen LogP contribution in [0, 0.1) is 0 Å².